The van der Waals surface area contributed by atoms with Gasteiger partial charge in [-0.2, -0.15) is 0 Å². The molecule has 11 rings (SSSR count). The molecular formula is C50H32N2O. The molecule has 0 spiro atoms. The van der Waals surface area contributed by atoms with Crippen molar-refractivity contribution in [3.8, 4) is 16.8 Å². The number of hydrogen-bond acceptors (Lipinski definition) is 2. The molecule has 0 aliphatic carbocycles. The van der Waals surface area contributed by atoms with Crippen LogP contribution in [0.25, 0.3) is 82.1 Å². The van der Waals surface area contributed by atoms with Gasteiger partial charge in [-0.15, -0.1) is 0 Å². The van der Waals surface area contributed by atoms with E-state index in [0.29, 0.717) is 0 Å². The average Bonchev–Trinajstić information content (AvgIpc) is 3.78. The minimum Gasteiger partial charge on any atom is -0.455 e. The van der Waals surface area contributed by atoms with Crippen LogP contribution in [0.15, 0.2) is 199 Å². The molecule has 2 heterocycles. The molecule has 53 heavy (non-hydrogen) atoms. The van der Waals surface area contributed by atoms with Crippen molar-refractivity contribution in [1.29, 1.82) is 0 Å². The number of anilines is 3. The van der Waals surface area contributed by atoms with Gasteiger partial charge in [-0.05, 0) is 93.8 Å². The monoisotopic (exact) mass is 676 g/mol. The van der Waals surface area contributed by atoms with Gasteiger partial charge in [0.25, 0.3) is 0 Å². The predicted octanol–water partition coefficient (Wildman–Crippen LogP) is 14.1. The van der Waals surface area contributed by atoms with Gasteiger partial charge in [0.2, 0.25) is 0 Å². The summed E-state index contributed by atoms with van der Waals surface area (Å²) in [5, 5.41) is 9.47. The fourth-order valence-corrected chi connectivity index (χ4v) is 8.39. The molecule has 0 saturated heterocycles. The first kappa shape index (κ1) is 29.6. The van der Waals surface area contributed by atoms with E-state index in [4.69, 9.17) is 4.42 Å². The maximum absolute atomic E-state index is 6.90. The van der Waals surface area contributed by atoms with Gasteiger partial charge in [-0.25, -0.2) is 0 Å². The fraction of sp³-hybridized carbons (Fsp3) is 0. The van der Waals surface area contributed by atoms with Crippen molar-refractivity contribution in [2.24, 2.45) is 0 Å². The number of fused-ring (bicyclic) bond motifs is 9. The van der Waals surface area contributed by atoms with E-state index in [0.717, 1.165) is 61.2 Å². The Morgan fingerprint density at radius 1 is 0.377 bits per heavy atom. The second kappa shape index (κ2) is 11.7. The van der Waals surface area contributed by atoms with Gasteiger partial charge < -0.3 is 13.9 Å². The molecule has 248 valence electrons. The molecule has 0 aliphatic heterocycles. The number of rotatable bonds is 5. The Morgan fingerprint density at radius 3 is 1.89 bits per heavy atom. The largest absolute Gasteiger partial charge is 0.455 e. The predicted molar refractivity (Wildman–Crippen MR) is 223 cm³/mol. The van der Waals surface area contributed by atoms with E-state index in [1.54, 1.807) is 0 Å². The van der Waals surface area contributed by atoms with Gasteiger partial charge in [0.1, 0.15) is 11.2 Å². The zero-order valence-corrected chi connectivity index (χ0v) is 28.8. The van der Waals surface area contributed by atoms with Crippen molar-refractivity contribution >= 4 is 82.4 Å². The van der Waals surface area contributed by atoms with Crippen LogP contribution in [0, 0.1) is 0 Å². The summed E-state index contributed by atoms with van der Waals surface area (Å²) in [6.45, 7) is 0. The Balaban J connectivity index is 1.14. The zero-order valence-electron chi connectivity index (χ0n) is 28.8. The molecule has 3 nitrogen and oxygen atoms in total. The van der Waals surface area contributed by atoms with E-state index in [1.165, 1.54) is 38.0 Å². The summed E-state index contributed by atoms with van der Waals surface area (Å²) in [5.41, 5.74) is 10.9. The quantitative estimate of drug-likeness (QED) is 0.181. The highest BCUT2D eigenvalue weighted by Crippen LogP contribution is 2.45. The number of benzene rings is 9. The van der Waals surface area contributed by atoms with Crippen LogP contribution in [0.3, 0.4) is 0 Å². The molecule has 0 aliphatic rings. The minimum atomic E-state index is 0.882. The number of para-hydroxylation sites is 4. The highest BCUT2D eigenvalue weighted by molar-refractivity contribution is 6.23. The number of nitrogens with zero attached hydrogens (tertiary/aromatic N) is 2. The highest BCUT2D eigenvalue weighted by atomic mass is 16.3. The lowest BCUT2D eigenvalue weighted by atomic mass is 9.96. The second-order valence-electron chi connectivity index (χ2n) is 13.7. The molecular weight excluding hydrogens is 645 g/mol. The maximum atomic E-state index is 6.90. The van der Waals surface area contributed by atoms with Crippen LogP contribution in [0.5, 0.6) is 0 Å². The Labute approximate surface area is 306 Å². The maximum Gasteiger partial charge on any atom is 0.143 e. The first-order valence-electron chi connectivity index (χ1n) is 18.1. The van der Waals surface area contributed by atoms with Gasteiger partial charge >= 0.3 is 0 Å². The van der Waals surface area contributed by atoms with E-state index in [2.05, 4.69) is 204 Å². The molecule has 0 N–H and O–H groups in total. The third-order valence-corrected chi connectivity index (χ3v) is 10.7. The van der Waals surface area contributed by atoms with Crippen molar-refractivity contribution in [2.75, 3.05) is 4.90 Å². The average molecular weight is 677 g/mol. The lowest BCUT2D eigenvalue weighted by molar-refractivity contribution is 0.670. The Kier molecular flexibility index (Phi) is 6.55. The van der Waals surface area contributed by atoms with Crippen LogP contribution < -0.4 is 4.90 Å². The molecule has 11 aromatic rings. The zero-order chi connectivity index (χ0) is 34.9. The van der Waals surface area contributed by atoms with E-state index >= 15 is 0 Å². The molecule has 0 fully saturated rings. The molecule has 0 bridgehead atoms. The van der Waals surface area contributed by atoms with Crippen LogP contribution in [-0.4, -0.2) is 4.57 Å². The smallest absolute Gasteiger partial charge is 0.143 e. The Morgan fingerprint density at radius 2 is 1.02 bits per heavy atom. The van der Waals surface area contributed by atoms with Gasteiger partial charge in [0.15, 0.2) is 0 Å². The molecule has 9 aromatic carbocycles. The number of aromatic nitrogens is 1. The lowest BCUT2D eigenvalue weighted by Gasteiger charge is -2.26. The topological polar surface area (TPSA) is 21.3 Å². The number of furan rings is 1. The molecule has 0 saturated carbocycles. The molecule has 0 amide bonds. The van der Waals surface area contributed by atoms with E-state index in [-0.39, 0.29) is 0 Å². The fourth-order valence-electron chi connectivity index (χ4n) is 8.39. The molecule has 3 heteroatoms. The van der Waals surface area contributed by atoms with Crippen molar-refractivity contribution in [3.63, 3.8) is 0 Å². The van der Waals surface area contributed by atoms with E-state index in [1.807, 2.05) is 0 Å². The lowest BCUT2D eigenvalue weighted by Crippen LogP contribution is -2.09. The molecule has 0 radical (unpaired) electrons. The summed E-state index contributed by atoms with van der Waals surface area (Å²) in [4.78, 5) is 2.35. The minimum absolute atomic E-state index is 0.882. The van der Waals surface area contributed by atoms with Gasteiger partial charge in [-0.3, -0.25) is 0 Å². The van der Waals surface area contributed by atoms with Crippen molar-refractivity contribution < 1.29 is 4.42 Å². The molecule has 2 aromatic heterocycles. The van der Waals surface area contributed by atoms with Crippen LogP contribution in [0.1, 0.15) is 0 Å². The number of hydrogen-bond donors (Lipinski definition) is 0. The third kappa shape index (κ3) is 4.61. The summed E-state index contributed by atoms with van der Waals surface area (Å²) < 4.78 is 9.27. The summed E-state index contributed by atoms with van der Waals surface area (Å²) in [6, 6.07) is 69.6. The normalized spacial score (nSPS) is 11.8. The first-order valence-corrected chi connectivity index (χ1v) is 18.1. The Hall–Kier alpha value is -7.10. The summed E-state index contributed by atoms with van der Waals surface area (Å²) in [6.07, 6.45) is 0. The summed E-state index contributed by atoms with van der Waals surface area (Å²) in [5.74, 6) is 0. The first-order chi connectivity index (χ1) is 26.3. The van der Waals surface area contributed by atoms with Crippen molar-refractivity contribution in [2.45, 2.75) is 0 Å². The third-order valence-electron chi connectivity index (χ3n) is 10.7. The van der Waals surface area contributed by atoms with Crippen LogP contribution in [-0.2, 0) is 0 Å². The Bertz CT molecular complexity index is 3170. The summed E-state index contributed by atoms with van der Waals surface area (Å²) in [7, 11) is 0. The van der Waals surface area contributed by atoms with E-state index in [9.17, 15) is 0 Å². The standard InChI is InChI=1S/C50H32N2O/c1-3-15-36(16-4-1)51(38-28-25-33-13-7-8-14-35(33)31-38)39-29-26-34-27-30-47-49(44(34)32-39)43-22-11-21-41(50(43)53-47)40-20-12-24-46-48(40)42-19-9-10-23-45(42)52(46)37-17-5-2-6-18-37/h1-32H. The molecule has 0 atom stereocenters. The highest BCUT2D eigenvalue weighted by Gasteiger charge is 2.21. The second-order valence-corrected chi connectivity index (χ2v) is 13.7. The van der Waals surface area contributed by atoms with Crippen LogP contribution in [0.2, 0.25) is 0 Å². The SMILES string of the molecule is c1ccc(N(c2ccc3ccccc3c2)c2ccc3ccc4oc5c(-c6cccc7c6c6ccccc6n7-c6ccccc6)cccc5c4c3c2)cc1. The van der Waals surface area contributed by atoms with Crippen molar-refractivity contribution in [3.05, 3.63) is 194 Å². The van der Waals surface area contributed by atoms with E-state index < -0.39 is 0 Å². The van der Waals surface area contributed by atoms with Crippen LogP contribution in [0.4, 0.5) is 17.1 Å². The van der Waals surface area contributed by atoms with Crippen molar-refractivity contribution in [1.82, 2.24) is 4.57 Å². The van der Waals surface area contributed by atoms with Gasteiger partial charge in [0, 0.05) is 49.9 Å². The molecule has 0 unspecified atom stereocenters. The summed E-state index contributed by atoms with van der Waals surface area (Å²) >= 11 is 0. The van der Waals surface area contributed by atoms with Crippen LogP contribution >= 0.6 is 0 Å². The van der Waals surface area contributed by atoms with Gasteiger partial charge in [-0.1, -0.05) is 127 Å². The van der Waals surface area contributed by atoms with Gasteiger partial charge in [0.05, 0.1) is 11.0 Å².